The first kappa shape index (κ1) is 32.0. The fourth-order valence-corrected chi connectivity index (χ4v) is 6.07. The number of hydrogen-bond donors (Lipinski definition) is 0. The number of rotatable bonds is 11. The molecule has 230 valence electrons. The Morgan fingerprint density at radius 3 is 2.19 bits per heavy atom. The van der Waals surface area contributed by atoms with Gasteiger partial charge in [-0.1, -0.05) is 20.8 Å². The van der Waals surface area contributed by atoms with Crippen molar-refractivity contribution in [3.05, 3.63) is 46.3 Å². The normalized spacial score (nSPS) is 19.4. The van der Waals surface area contributed by atoms with Crippen molar-refractivity contribution in [2.75, 3.05) is 59.1 Å². The van der Waals surface area contributed by atoms with Crippen LogP contribution in [0.1, 0.15) is 61.7 Å². The molecule has 0 spiro atoms. The van der Waals surface area contributed by atoms with E-state index in [2.05, 4.69) is 45.8 Å². The van der Waals surface area contributed by atoms with Gasteiger partial charge in [0.2, 0.25) is 0 Å². The van der Waals surface area contributed by atoms with Crippen molar-refractivity contribution in [1.29, 1.82) is 0 Å². The average Bonchev–Trinajstić information content (AvgIpc) is 3.54. The van der Waals surface area contributed by atoms with Gasteiger partial charge in [-0.3, -0.25) is 4.79 Å². The molecule has 0 unspecified atom stereocenters. The van der Waals surface area contributed by atoms with Gasteiger partial charge in [-0.15, -0.1) is 0 Å². The van der Waals surface area contributed by atoms with Crippen molar-refractivity contribution in [1.82, 2.24) is 4.90 Å². The second-order valence-corrected chi connectivity index (χ2v) is 11.7. The minimum Gasteiger partial charge on any atom is -0.494 e. The van der Waals surface area contributed by atoms with Crippen LogP contribution in [0.2, 0.25) is 0 Å². The summed E-state index contributed by atoms with van der Waals surface area (Å²) in [4.78, 5) is 17.9. The Morgan fingerprint density at radius 1 is 1.02 bits per heavy atom. The van der Waals surface area contributed by atoms with E-state index in [1.165, 1.54) is 0 Å². The smallest absolute Gasteiger partial charge is 0.197 e. The quantitative estimate of drug-likeness (QED) is 0.294. The van der Waals surface area contributed by atoms with Gasteiger partial charge in [0.15, 0.2) is 23.1 Å². The topological polar surface area (TPSA) is 82.1 Å². The molecule has 2 aliphatic heterocycles. The summed E-state index contributed by atoms with van der Waals surface area (Å²) in [5.41, 5.74) is 2.91. The fraction of sp³-hybridized carbons (Fsp3) is 0.548. The summed E-state index contributed by atoms with van der Waals surface area (Å²) in [5, 5.41) is 0. The van der Waals surface area contributed by atoms with Crippen LogP contribution in [-0.4, -0.2) is 82.9 Å². The number of ether oxygens (including phenoxy) is 5. The highest BCUT2D eigenvalue weighted by Crippen LogP contribution is 2.43. The van der Waals surface area contributed by atoms with Gasteiger partial charge in [0, 0.05) is 45.0 Å². The summed E-state index contributed by atoms with van der Waals surface area (Å²) in [7, 11) is 4.99. The van der Waals surface area contributed by atoms with Crippen LogP contribution in [0, 0.1) is 5.82 Å². The first-order valence-corrected chi connectivity index (χ1v) is 14.8. The second kappa shape index (κ2) is 13.2. The lowest BCUT2D eigenvalue weighted by atomic mass is 9.84. The summed E-state index contributed by atoms with van der Waals surface area (Å²) in [6.07, 6.45) is -0.230. The molecule has 0 aromatic heterocycles. The molecule has 0 N–H and O–H groups in total. The van der Waals surface area contributed by atoms with E-state index >= 15 is 4.39 Å². The standard InChI is InChI=1S/C31H41BrFN3O6/c1-9-41-23-13-19-14-36(30(34-32)26(19)27(33)29(23)42-10-2)15-22(37)18-11-20(31(3,4)5)28(40-8)21(12-18)35-16-24(38-6)25(17-35)39-7/h11-13,24-25H,9-10,14-17H2,1-8H3/t24-,25-/m0/s1. The van der Waals surface area contributed by atoms with Crippen LogP contribution in [0.4, 0.5) is 10.1 Å². The molecule has 0 amide bonds. The number of Topliss-reactive ketones (excluding diaryl/α,β-unsaturated/α-hetero) is 1. The Hall–Kier alpha value is -2.89. The maximum atomic E-state index is 15.8. The van der Waals surface area contributed by atoms with E-state index in [1.54, 1.807) is 39.2 Å². The Bertz CT molecular complexity index is 1330. The van der Waals surface area contributed by atoms with Crippen molar-refractivity contribution < 1.29 is 32.9 Å². The van der Waals surface area contributed by atoms with Crippen LogP contribution in [0.15, 0.2) is 22.2 Å². The molecule has 1 fully saturated rings. The zero-order chi connectivity index (χ0) is 30.8. The zero-order valence-corrected chi connectivity index (χ0v) is 27.3. The van der Waals surface area contributed by atoms with Gasteiger partial charge >= 0.3 is 0 Å². The summed E-state index contributed by atoms with van der Waals surface area (Å²) in [6, 6.07) is 5.54. The summed E-state index contributed by atoms with van der Waals surface area (Å²) >= 11 is 3.17. The molecule has 9 nitrogen and oxygen atoms in total. The Kier molecular flexibility index (Phi) is 10.1. The van der Waals surface area contributed by atoms with Gasteiger partial charge in [-0.25, -0.2) is 4.39 Å². The van der Waals surface area contributed by atoms with E-state index in [0.29, 0.717) is 54.5 Å². The SMILES string of the molecule is CCOc1cc2c(c(F)c1OCC)C(=NBr)N(CC(=O)c1cc(N3C[C@H](OC)[C@@H](OC)C3)c(OC)c(C(C)(C)C)c1)C2. The van der Waals surface area contributed by atoms with Gasteiger partial charge in [0.25, 0.3) is 0 Å². The van der Waals surface area contributed by atoms with Crippen molar-refractivity contribution in [2.45, 2.75) is 58.8 Å². The van der Waals surface area contributed by atoms with E-state index in [1.807, 2.05) is 19.1 Å². The molecule has 2 aromatic rings. The largest absolute Gasteiger partial charge is 0.494 e. The number of amidine groups is 1. The first-order valence-electron chi connectivity index (χ1n) is 14.1. The van der Waals surface area contributed by atoms with Crippen LogP contribution >= 0.6 is 16.1 Å². The molecule has 0 radical (unpaired) electrons. The molecular weight excluding hydrogens is 609 g/mol. The maximum absolute atomic E-state index is 15.8. The van der Waals surface area contributed by atoms with Crippen LogP contribution in [0.3, 0.4) is 0 Å². The minimum absolute atomic E-state index is 0.0107. The first-order chi connectivity index (χ1) is 20.0. The van der Waals surface area contributed by atoms with Gasteiger partial charge in [-0.05, 0) is 43.0 Å². The lowest BCUT2D eigenvalue weighted by Gasteiger charge is -2.29. The molecule has 4 rings (SSSR count). The molecule has 0 bridgehead atoms. The number of halogens is 2. The van der Waals surface area contributed by atoms with Crippen molar-refractivity contribution in [3.63, 3.8) is 0 Å². The molecule has 42 heavy (non-hydrogen) atoms. The monoisotopic (exact) mass is 649 g/mol. The molecular formula is C31H41BrFN3O6. The number of carbonyl (C=O) groups excluding carboxylic acids is 1. The van der Waals surface area contributed by atoms with Crippen molar-refractivity contribution in [3.8, 4) is 17.2 Å². The summed E-state index contributed by atoms with van der Waals surface area (Å²) < 4.78 is 48.5. The molecule has 11 heteroatoms. The third-order valence-electron chi connectivity index (χ3n) is 7.72. The van der Waals surface area contributed by atoms with Crippen LogP contribution in [0.5, 0.6) is 17.2 Å². The molecule has 2 aromatic carbocycles. The number of benzene rings is 2. The lowest BCUT2D eigenvalue weighted by Crippen LogP contribution is -2.31. The second-order valence-electron chi connectivity index (χ2n) is 11.4. The number of methoxy groups -OCH3 is 3. The average molecular weight is 651 g/mol. The van der Waals surface area contributed by atoms with Gasteiger partial charge in [-0.2, -0.15) is 4.02 Å². The van der Waals surface area contributed by atoms with E-state index in [0.717, 1.165) is 17.0 Å². The van der Waals surface area contributed by atoms with E-state index in [9.17, 15) is 4.79 Å². The van der Waals surface area contributed by atoms with Gasteiger partial charge in [0.05, 0.1) is 54.3 Å². The molecule has 0 saturated carbocycles. The van der Waals surface area contributed by atoms with E-state index in [-0.39, 0.29) is 42.3 Å². The van der Waals surface area contributed by atoms with Crippen molar-refractivity contribution in [2.24, 2.45) is 4.02 Å². The third kappa shape index (κ3) is 6.09. The number of ketones is 1. The molecule has 0 aliphatic carbocycles. The number of anilines is 1. The highest BCUT2D eigenvalue weighted by atomic mass is 79.9. The van der Waals surface area contributed by atoms with Crippen molar-refractivity contribution >= 4 is 33.5 Å². The van der Waals surface area contributed by atoms with E-state index < -0.39 is 5.82 Å². The summed E-state index contributed by atoms with van der Waals surface area (Å²) in [6.45, 7) is 12.0. The lowest BCUT2D eigenvalue weighted by molar-refractivity contribution is -0.00461. The maximum Gasteiger partial charge on any atom is 0.197 e. The highest BCUT2D eigenvalue weighted by Gasteiger charge is 2.37. The fourth-order valence-electron chi connectivity index (χ4n) is 5.67. The molecule has 2 heterocycles. The van der Waals surface area contributed by atoms with Crippen LogP contribution in [-0.2, 0) is 21.4 Å². The Balaban J connectivity index is 1.71. The number of hydrogen-bond acceptors (Lipinski definition) is 8. The zero-order valence-electron chi connectivity index (χ0n) is 25.7. The Morgan fingerprint density at radius 2 is 1.67 bits per heavy atom. The number of carbonyl (C=O) groups is 1. The number of fused-ring (bicyclic) bond motifs is 1. The minimum atomic E-state index is -0.554. The van der Waals surface area contributed by atoms with Gasteiger partial charge in [0.1, 0.15) is 23.8 Å². The predicted molar refractivity (Wildman–Crippen MR) is 164 cm³/mol. The highest BCUT2D eigenvalue weighted by molar-refractivity contribution is 9.08. The van der Waals surface area contributed by atoms with Crippen LogP contribution < -0.4 is 19.1 Å². The van der Waals surface area contributed by atoms with Gasteiger partial charge < -0.3 is 33.5 Å². The third-order valence-corrected chi connectivity index (χ3v) is 8.06. The molecule has 1 saturated heterocycles. The molecule has 2 aliphatic rings. The molecule has 2 atom stereocenters. The summed E-state index contributed by atoms with van der Waals surface area (Å²) in [5.74, 6) is 0.741. The van der Waals surface area contributed by atoms with E-state index in [4.69, 9.17) is 23.7 Å². The predicted octanol–water partition coefficient (Wildman–Crippen LogP) is 5.53. The van der Waals surface area contributed by atoms with Crippen LogP contribution in [0.25, 0.3) is 0 Å². The Labute approximate surface area is 256 Å². The number of nitrogens with zero attached hydrogens (tertiary/aromatic N) is 3.